The van der Waals surface area contributed by atoms with Gasteiger partial charge in [-0.15, -0.1) is 12.4 Å². The second-order valence-corrected chi connectivity index (χ2v) is 6.25. The zero-order chi connectivity index (χ0) is 13.1. The standard InChI is InChI=1S/C15H26N2O2.ClH/c18-15(12-7-8-16-10-12)17(13-4-1-2-5-13)11-14-6-3-9-19-14;/h12-14,16H,1-11H2;1H. The molecule has 2 unspecified atom stereocenters. The summed E-state index contributed by atoms with van der Waals surface area (Å²) in [6.07, 6.45) is 8.53. The Hall–Kier alpha value is -0.320. The molecule has 2 saturated heterocycles. The lowest BCUT2D eigenvalue weighted by atomic mass is 10.0. The summed E-state index contributed by atoms with van der Waals surface area (Å²) in [5.74, 6) is 0.592. The van der Waals surface area contributed by atoms with E-state index in [1.807, 2.05) is 0 Å². The molecule has 3 rings (SSSR count). The number of hydrogen-bond donors (Lipinski definition) is 1. The normalized spacial score (nSPS) is 30.4. The van der Waals surface area contributed by atoms with Crippen molar-refractivity contribution in [2.24, 2.45) is 5.92 Å². The van der Waals surface area contributed by atoms with E-state index in [9.17, 15) is 4.79 Å². The van der Waals surface area contributed by atoms with Crippen LogP contribution in [-0.2, 0) is 9.53 Å². The molecule has 0 aromatic rings. The second-order valence-electron chi connectivity index (χ2n) is 6.25. The molecule has 0 bridgehead atoms. The molecule has 4 nitrogen and oxygen atoms in total. The minimum absolute atomic E-state index is 0. The van der Waals surface area contributed by atoms with Gasteiger partial charge in [0.15, 0.2) is 0 Å². The van der Waals surface area contributed by atoms with Crippen molar-refractivity contribution in [1.29, 1.82) is 0 Å². The molecule has 2 atom stereocenters. The van der Waals surface area contributed by atoms with Crippen molar-refractivity contribution in [3.05, 3.63) is 0 Å². The van der Waals surface area contributed by atoms with Crippen LogP contribution in [0.5, 0.6) is 0 Å². The van der Waals surface area contributed by atoms with E-state index in [-0.39, 0.29) is 18.3 Å². The lowest BCUT2D eigenvalue weighted by Gasteiger charge is -2.33. The Kier molecular flexibility index (Phi) is 6.12. The van der Waals surface area contributed by atoms with Crippen LogP contribution >= 0.6 is 12.4 Å². The Labute approximate surface area is 128 Å². The summed E-state index contributed by atoms with van der Waals surface area (Å²) in [5, 5.41) is 3.31. The first-order chi connectivity index (χ1) is 9.34. The largest absolute Gasteiger partial charge is 0.376 e. The molecule has 0 aromatic carbocycles. The van der Waals surface area contributed by atoms with Crippen LogP contribution in [0.4, 0.5) is 0 Å². The number of hydrogen-bond acceptors (Lipinski definition) is 3. The van der Waals surface area contributed by atoms with E-state index in [1.165, 1.54) is 25.7 Å². The Bertz CT molecular complexity index is 309. The van der Waals surface area contributed by atoms with Gasteiger partial charge in [-0.05, 0) is 38.6 Å². The molecule has 0 aromatic heterocycles. The van der Waals surface area contributed by atoms with Crippen molar-refractivity contribution in [2.45, 2.75) is 57.1 Å². The molecule has 1 aliphatic carbocycles. The quantitative estimate of drug-likeness (QED) is 0.863. The fourth-order valence-corrected chi connectivity index (χ4v) is 3.74. The predicted octanol–water partition coefficient (Wildman–Crippen LogP) is 1.97. The van der Waals surface area contributed by atoms with Crippen LogP contribution in [0, 0.1) is 5.92 Å². The molecule has 3 fully saturated rings. The number of halogens is 1. The maximum absolute atomic E-state index is 12.8. The maximum Gasteiger partial charge on any atom is 0.227 e. The van der Waals surface area contributed by atoms with Gasteiger partial charge in [-0.1, -0.05) is 12.8 Å². The molecule has 0 spiro atoms. The third kappa shape index (κ3) is 3.66. The van der Waals surface area contributed by atoms with Crippen molar-refractivity contribution in [3.63, 3.8) is 0 Å². The van der Waals surface area contributed by atoms with Gasteiger partial charge in [-0.3, -0.25) is 4.79 Å². The molecule has 2 aliphatic heterocycles. The van der Waals surface area contributed by atoms with Crippen molar-refractivity contribution in [3.8, 4) is 0 Å². The first kappa shape index (κ1) is 16.1. The van der Waals surface area contributed by atoms with Crippen molar-refractivity contribution >= 4 is 18.3 Å². The number of rotatable bonds is 4. The van der Waals surface area contributed by atoms with Gasteiger partial charge in [0.05, 0.1) is 12.0 Å². The zero-order valence-corrected chi connectivity index (χ0v) is 13.0. The summed E-state index contributed by atoms with van der Waals surface area (Å²) in [7, 11) is 0. The van der Waals surface area contributed by atoms with E-state index in [0.29, 0.717) is 18.1 Å². The number of nitrogens with zero attached hydrogens (tertiary/aromatic N) is 1. The van der Waals surface area contributed by atoms with Gasteiger partial charge < -0.3 is 15.0 Å². The van der Waals surface area contributed by atoms with Crippen LogP contribution in [0.3, 0.4) is 0 Å². The highest BCUT2D eigenvalue weighted by atomic mass is 35.5. The Morgan fingerprint density at radius 3 is 2.55 bits per heavy atom. The van der Waals surface area contributed by atoms with E-state index >= 15 is 0 Å². The first-order valence-corrected chi connectivity index (χ1v) is 7.97. The highest BCUT2D eigenvalue weighted by Gasteiger charge is 2.34. The van der Waals surface area contributed by atoms with Gasteiger partial charge in [0.25, 0.3) is 0 Å². The lowest BCUT2D eigenvalue weighted by Crippen LogP contribution is -2.46. The van der Waals surface area contributed by atoms with Gasteiger partial charge in [-0.2, -0.15) is 0 Å². The number of ether oxygens (including phenoxy) is 1. The zero-order valence-electron chi connectivity index (χ0n) is 12.2. The van der Waals surface area contributed by atoms with Crippen LogP contribution in [0.2, 0.25) is 0 Å². The van der Waals surface area contributed by atoms with Gasteiger partial charge in [0.2, 0.25) is 5.91 Å². The average Bonchev–Trinajstić information content (AvgIpc) is 3.15. The van der Waals surface area contributed by atoms with E-state index < -0.39 is 0 Å². The summed E-state index contributed by atoms with van der Waals surface area (Å²) >= 11 is 0. The maximum atomic E-state index is 12.8. The molecular weight excluding hydrogens is 276 g/mol. The highest BCUT2D eigenvalue weighted by Crippen LogP contribution is 2.27. The Balaban J connectivity index is 0.00000147. The minimum atomic E-state index is 0. The number of nitrogens with one attached hydrogen (secondary N) is 1. The summed E-state index contributed by atoms with van der Waals surface area (Å²) in [6.45, 7) is 3.57. The van der Waals surface area contributed by atoms with Crippen LogP contribution in [0.15, 0.2) is 0 Å². The van der Waals surface area contributed by atoms with Gasteiger partial charge in [-0.25, -0.2) is 0 Å². The molecule has 0 radical (unpaired) electrons. The SMILES string of the molecule is Cl.O=C(C1CCNC1)N(CC1CCCO1)C1CCCC1. The van der Waals surface area contributed by atoms with Crippen molar-refractivity contribution < 1.29 is 9.53 Å². The van der Waals surface area contributed by atoms with E-state index in [2.05, 4.69) is 10.2 Å². The minimum Gasteiger partial charge on any atom is -0.376 e. The Morgan fingerprint density at radius 1 is 1.15 bits per heavy atom. The summed E-state index contributed by atoms with van der Waals surface area (Å²) in [5.41, 5.74) is 0. The third-order valence-corrected chi connectivity index (χ3v) is 4.88. The lowest BCUT2D eigenvalue weighted by molar-refractivity contribution is -0.139. The smallest absolute Gasteiger partial charge is 0.227 e. The van der Waals surface area contributed by atoms with Gasteiger partial charge >= 0.3 is 0 Å². The Morgan fingerprint density at radius 2 is 1.95 bits per heavy atom. The van der Waals surface area contributed by atoms with Crippen molar-refractivity contribution in [2.75, 3.05) is 26.2 Å². The number of carbonyl (C=O) groups is 1. The van der Waals surface area contributed by atoms with Gasteiger partial charge in [0.1, 0.15) is 0 Å². The summed E-state index contributed by atoms with van der Waals surface area (Å²) in [4.78, 5) is 14.9. The fourth-order valence-electron chi connectivity index (χ4n) is 3.74. The molecule has 20 heavy (non-hydrogen) atoms. The van der Waals surface area contributed by atoms with Crippen LogP contribution in [0.1, 0.15) is 44.9 Å². The molecule has 1 amide bonds. The number of amides is 1. The third-order valence-electron chi connectivity index (χ3n) is 4.88. The van der Waals surface area contributed by atoms with Gasteiger partial charge in [0, 0.05) is 25.7 Å². The van der Waals surface area contributed by atoms with Crippen LogP contribution in [0.25, 0.3) is 0 Å². The van der Waals surface area contributed by atoms with Crippen molar-refractivity contribution in [1.82, 2.24) is 10.2 Å². The number of carbonyl (C=O) groups excluding carboxylic acids is 1. The molecule has 3 aliphatic rings. The molecular formula is C15H27ClN2O2. The van der Waals surface area contributed by atoms with Crippen LogP contribution < -0.4 is 5.32 Å². The molecule has 116 valence electrons. The van der Waals surface area contributed by atoms with E-state index in [4.69, 9.17) is 4.74 Å². The molecule has 5 heteroatoms. The highest BCUT2D eigenvalue weighted by molar-refractivity contribution is 5.85. The molecule has 1 saturated carbocycles. The van der Waals surface area contributed by atoms with Crippen LogP contribution in [-0.4, -0.2) is 49.2 Å². The average molecular weight is 303 g/mol. The first-order valence-electron chi connectivity index (χ1n) is 7.97. The predicted molar refractivity (Wildman–Crippen MR) is 81.2 cm³/mol. The molecule has 2 heterocycles. The topological polar surface area (TPSA) is 41.6 Å². The van der Waals surface area contributed by atoms with E-state index in [0.717, 1.165) is 45.5 Å². The fraction of sp³-hybridized carbons (Fsp3) is 0.933. The second kappa shape index (κ2) is 7.62. The summed E-state index contributed by atoms with van der Waals surface area (Å²) in [6, 6.07) is 0.484. The monoisotopic (exact) mass is 302 g/mol. The molecule has 1 N–H and O–H groups in total. The summed E-state index contributed by atoms with van der Waals surface area (Å²) < 4.78 is 5.75. The van der Waals surface area contributed by atoms with E-state index in [1.54, 1.807) is 0 Å².